The first-order valence-electron chi connectivity index (χ1n) is 10.9. The Bertz CT molecular complexity index is 1040. The smallest absolute Gasteiger partial charge is 0.490 e. The summed E-state index contributed by atoms with van der Waals surface area (Å²) in [5.74, 6) is -2.80. The number of halogens is 4. The van der Waals surface area contributed by atoms with Crippen LogP contribution < -0.4 is 15.8 Å². The largest absolute Gasteiger partial charge is 0.492 e. The van der Waals surface area contributed by atoms with Gasteiger partial charge in [0.1, 0.15) is 12.4 Å². The van der Waals surface area contributed by atoms with Crippen LogP contribution in [0.3, 0.4) is 0 Å². The molecule has 1 aromatic heterocycles. The molecule has 2 amide bonds. The van der Waals surface area contributed by atoms with Crippen molar-refractivity contribution >= 4 is 35.1 Å². The minimum Gasteiger partial charge on any atom is -0.492 e. The zero-order chi connectivity index (χ0) is 26.7. The zero-order valence-corrected chi connectivity index (χ0v) is 19.9. The monoisotopic (exact) mass is 530 g/mol. The fourth-order valence-electron chi connectivity index (χ4n) is 3.15. The Labute approximate surface area is 210 Å². The summed E-state index contributed by atoms with van der Waals surface area (Å²) in [5, 5.41) is 10.8. The van der Waals surface area contributed by atoms with Gasteiger partial charge in [0.05, 0.1) is 0 Å². The van der Waals surface area contributed by atoms with E-state index >= 15 is 0 Å². The second-order valence-corrected chi connectivity index (χ2v) is 8.23. The van der Waals surface area contributed by atoms with Gasteiger partial charge in [-0.25, -0.2) is 4.79 Å². The molecule has 9 nitrogen and oxygen atoms in total. The van der Waals surface area contributed by atoms with Crippen molar-refractivity contribution in [2.24, 2.45) is 5.73 Å². The average Bonchev–Trinajstić information content (AvgIpc) is 2.77. The minimum absolute atomic E-state index is 0.146. The van der Waals surface area contributed by atoms with Crippen LogP contribution in [0.25, 0.3) is 0 Å². The standard InChI is InChI=1S/C21H25ClN4O3.C2HF3O2/c22-16-12-15(21(28)26(10-6-20(23)27)18-2-1-3-18)13-19(14-16)29-11-9-25-17-4-7-24-8-5-17;3-2(4,5)1(6)7/h4-5,7-8,12-14,18H,1-3,6,9-11H2,(H2,23,27)(H,24,25);(H,6,7). The highest BCUT2D eigenvalue weighted by Crippen LogP contribution is 2.28. The van der Waals surface area contributed by atoms with Crippen molar-refractivity contribution in [3.05, 3.63) is 53.3 Å². The van der Waals surface area contributed by atoms with Gasteiger partial charge in [-0.2, -0.15) is 13.2 Å². The maximum atomic E-state index is 13.1. The van der Waals surface area contributed by atoms with Crippen molar-refractivity contribution in [2.75, 3.05) is 25.0 Å². The molecule has 0 aliphatic heterocycles. The summed E-state index contributed by atoms with van der Waals surface area (Å²) in [6, 6.07) is 8.89. The van der Waals surface area contributed by atoms with Crippen LogP contribution in [-0.2, 0) is 9.59 Å². The number of nitrogens with zero attached hydrogens (tertiary/aromatic N) is 2. The summed E-state index contributed by atoms with van der Waals surface area (Å²) < 4.78 is 37.5. The Hall–Kier alpha value is -3.54. The average molecular weight is 531 g/mol. The summed E-state index contributed by atoms with van der Waals surface area (Å²) >= 11 is 6.21. The van der Waals surface area contributed by atoms with Crippen LogP contribution in [0, 0.1) is 0 Å². The number of benzene rings is 1. The molecule has 4 N–H and O–H groups in total. The van der Waals surface area contributed by atoms with Crippen molar-refractivity contribution in [1.82, 2.24) is 9.88 Å². The number of carbonyl (C=O) groups excluding carboxylic acids is 2. The Morgan fingerprint density at radius 1 is 1.19 bits per heavy atom. The molecule has 2 aromatic rings. The Morgan fingerprint density at radius 2 is 1.83 bits per heavy atom. The lowest BCUT2D eigenvalue weighted by molar-refractivity contribution is -0.192. The second kappa shape index (κ2) is 13.5. The molecule has 3 rings (SSSR count). The second-order valence-electron chi connectivity index (χ2n) is 7.79. The molecule has 0 atom stereocenters. The highest BCUT2D eigenvalue weighted by Gasteiger charge is 2.38. The molecule has 1 fully saturated rings. The molecular formula is C23H26ClF3N4O5. The van der Waals surface area contributed by atoms with Gasteiger partial charge >= 0.3 is 12.1 Å². The third-order valence-corrected chi connectivity index (χ3v) is 5.33. The van der Waals surface area contributed by atoms with Gasteiger partial charge in [-0.3, -0.25) is 14.6 Å². The lowest BCUT2D eigenvalue weighted by atomic mass is 9.90. The molecule has 13 heteroatoms. The van der Waals surface area contributed by atoms with Crippen LogP contribution in [0.1, 0.15) is 36.0 Å². The Kier molecular flexibility index (Phi) is 10.8. The third kappa shape index (κ3) is 9.61. The van der Waals surface area contributed by atoms with Crippen molar-refractivity contribution in [2.45, 2.75) is 37.9 Å². The fraction of sp³-hybridized carbons (Fsp3) is 0.391. The zero-order valence-electron chi connectivity index (χ0n) is 19.1. The quantitative estimate of drug-likeness (QED) is 0.398. The molecule has 0 saturated heterocycles. The van der Waals surface area contributed by atoms with Crippen LogP contribution in [-0.4, -0.2) is 64.7 Å². The number of hydrogen-bond donors (Lipinski definition) is 3. The molecule has 1 heterocycles. The molecule has 196 valence electrons. The lowest BCUT2D eigenvalue weighted by Crippen LogP contribution is -2.45. The molecular weight excluding hydrogens is 505 g/mol. The van der Waals surface area contributed by atoms with Gasteiger partial charge in [-0.1, -0.05) is 11.6 Å². The number of alkyl halides is 3. The number of anilines is 1. The van der Waals surface area contributed by atoms with Crippen LogP contribution in [0.5, 0.6) is 5.75 Å². The molecule has 0 unspecified atom stereocenters. The topological polar surface area (TPSA) is 135 Å². The van der Waals surface area contributed by atoms with E-state index in [2.05, 4.69) is 10.3 Å². The summed E-state index contributed by atoms with van der Waals surface area (Å²) in [7, 11) is 0. The number of ether oxygens (including phenoxy) is 1. The van der Waals surface area contributed by atoms with Crippen molar-refractivity contribution in [1.29, 1.82) is 0 Å². The Balaban J connectivity index is 0.000000572. The Morgan fingerprint density at radius 3 is 2.36 bits per heavy atom. The van der Waals surface area contributed by atoms with E-state index in [0.29, 0.717) is 36.0 Å². The first-order valence-corrected chi connectivity index (χ1v) is 11.3. The number of hydrogen-bond acceptors (Lipinski definition) is 6. The molecule has 0 bridgehead atoms. The van der Waals surface area contributed by atoms with Crippen LogP contribution >= 0.6 is 11.6 Å². The van der Waals surface area contributed by atoms with Crippen LogP contribution in [0.2, 0.25) is 5.02 Å². The summed E-state index contributed by atoms with van der Waals surface area (Å²) in [6.45, 7) is 1.31. The SMILES string of the molecule is NC(=O)CCN(C(=O)c1cc(Cl)cc(OCCNc2ccncc2)c1)C1CCC1.O=C(O)C(F)(F)F. The normalized spacial score (nSPS) is 13.0. The number of primary amides is 1. The first-order chi connectivity index (χ1) is 17.0. The summed E-state index contributed by atoms with van der Waals surface area (Å²) in [5.41, 5.74) is 6.67. The molecule has 0 spiro atoms. The molecule has 36 heavy (non-hydrogen) atoms. The summed E-state index contributed by atoms with van der Waals surface area (Å²) in [6.07, 6.45) is 1.45. The number of aromatic nitrogens is 1. The number of carboxylic acid groups (broad SMARTS) is 1. The van der Waals surface area contributed by atoms with E-state index in [9.17, 15) is 22.8 Å². The maximum Gasteiger partial charge on any atom is 0.490 e. The molecule has 1 aliphatic carbocycles. The van der Waals surface area contributed by atoms with Gasteiger partial charge in [0, 0.05) is 54.2 Å². The fourth-order valence-corrected chi connectivity index (χ4v) is 3.37. The number of aliphatic carboxylic acids is 1. The van der Waals surface area contributed by atoms with Crippen molar-refractivity contribution in [3.63, 3.8) is 0 Å². The highest BCUT2D eigenvalue weighted by atomic mass is 35.5. The van der Waals surface area contributed by atoms with Crippen LogP contribution in [0.15, 0.2) is 42.7 Å². The molecule has 0 radical (unpaired) electrons. The number of rotatable bonds is 10. The molecule has 1 aliphatic rings. The van der Waals surface area contributed by atoms with Gasteiger partial charge in [-0.15, -0.1) is 0 Å². The number of pyridine rings is 1. The number of amides is 2. The minimum atomic E-state index is -5.08. The van der Waals surface area contributed by atoms with E-state index in [1.807, 2.05) is 12.1 Å². The molecule has 1 aromatic carbocycles. The van der Waals surface area contributed by atoms with E-state index in [-0.39, 0.29) is 18.4 Å². The lowest BCUT2D eigenvalue weighted by Gasteiger charge is -2.37. The van der Waals surface area contributed by atoms with Crippen molar-refractivity contribution < 1.29 is 37.4 Å². The van der Waals surface area contributed by atoms with E-state index in [4.69, 9.17) is 32.0 Å². The van der Waals surface area contributed by atoms with Gasteiger partial charge < -0.3 is 25.8 Å². The van der Waals surface area contributed by atoms with Crippen LogP contribution in [0.4, 0.5) is 18.9 Å². The van der Waals surface area contributed by atoms with E-state index in [1.165, 1.54) is 0 Å². The first kappa shape index (κ1) is 28.7. The number of nitrogens with one attached hydrogen (secondary N) is 1. The van der Waals surface area contributed by atoms with E-state index in [1.54, 1.807) is 35.5 Å². The number of carbonyl (C=O) groups is 3. The van der Waals surface area contributed by atoms with Gasteiger partial charge in [-0.05, 0) is 49.6 Å². The summed E-state index contributed by atoms with van der Waals surface area (Å²) in [4.78, 5) is 38.8. The third-order valence-electron chi connectivity index (χ3n) is 5.12. The van der Waals surface area contributed by atoms with E-state index in [0.717, 1.165) is 24.9 Å². The van der Waals surface area contributed by atoms with Gasteiger partial charge in [0.25, 0.3) is 5.91 Å². The van der Waals surface area contributed by atoms with Gasteiger partial charge in [0.15, 0.2) is 0 Å². The number of nitrogens with two attached hydrogens (primary N) is 1. The molecule has 1 saturated carbocycles. The maximum absolute atomic E-state index is 13.1. The number of carboxylic acids is 1. The van der Waals surface area contributed by atoms with Crippen molar-refractivity contribution in [3.8, 4) is 5.75 Å². The van der Waals surface area contributed by atoms with Gasteiger partial charge in [0.2, 0.25) is 5.91 Å². The predicted molar refractivity (Wildman–Crippen MR) is 126 cm³/mol. The van der Waals surface area contributed by atoms with E-state index < -0.39 is 18.1 Å². The predicted octanol–water partition coefficient (Wildman–Crippen LogP) is 3.73. The highest BCUT2D eigenvalue weighted by molar-refractivity contribution is 6.31.